The van der Waals surface area contributed by atoms with E-state index in [4.69, 9.17) is 0 Å². The standard InChI is InChI=1S/C10H18S4/c1-2-3-10(13-6-8-4-11-8)14-7-9-5-12-9/h8-10H,2-7H2,1H3. The van der Waals surface area contributed by atoms with Crippen molar-refractivity contribution in [2.45, 2.75) is 34.8 Å². The molecule has 0 nitrogen and oxygen atoms in total. The maximum absolute atomic E-state index is 2.31. The van der Waals surface area contributed by atoms with Crippen LogP contribution in [0.4, 0.5) is 0 Å². The average Bonchev–Trinajstić information content (AvgIpc) is 3.02. The van der Waals surface area contributed by atoms with E-state index in [-0.39, 0.29) is 0 Å². The van der Waals surface area contributed by atoms with Crippen LogP contribution in [0, 0.1) is 0 Å². The molecule has 0 aliphatic carbocycles. The normalized spacial score (nSPS) is 31.5. The molecular formula is C10H18S4. The summed E-state index contributed by atoms with van der Waals surface area (Å²) < 4.78 is 0.891. The highest BCUT2D eigenvalue weighted by Crippen LogP contribution is 2.40. The molecular weight excluding hydrogens is 248 g/mol. The quantitative estimate of drug-likeness (QED) is 0.484. The van der Waals surface area contributed by atoms with Gasteiger partial charge in [-0.3, -0.25) is 0 Å². The van der Waals surface area contributed by atoms with Crippen molar-refractivity contribution in [1.29, 1.82) is 0 Å². The molecule has 0 N–H and O–H groups in total. The van der Waals surface area contributed by atoms with Crippen molar-refractivity contribution in [1.82, 2.24) is 0 Å². The predicted octanol–water partition coefficient (Wildman–Crippen LogP) is 3.81. The topological polar surface area (TPSA) is 0 Å². The molecule has 0 amide bonds. The fourth-order valence-electron chi connectivity index (χ4n) is 1.21. The van der Waals surface area contributed by atoms with Gasteiger partial charge in [0.2, 0.25) is 0 Å². The van der Waals surface area contributed by atoms with E-state index >= 15 is 0 Å². The molecule has 2 saturated heterocycles. The maximum atomic E-state index is 2.31. The van der Waals surface area contributed by atoms with Gasteiger partial charge in [-0.1, -0.05) is 13.3 Å². The summed E-state index contributed by atoms with van der Waals surface area (Å²) in [4.78, 5) is 0. The average molecular weight is 267 g/mol. The van der Waals surface area contributed by atoms with Crippen LogP contribution in [0.1, 0.15) is 19.8 Å². The summed E-state index contributed by atoms with van der Waals surface area (Å²) in [6, 6.07) is 0. The van der Waals surface area contributed by atoms with Crippen molar-refractivity contribution in [3.63, 3.8) is 0 Å². The van der Waals surface area contributed by atoms with Crippen LogP contribution in [0.3, 0.4) is 0 Å². The summed E-state index contributed by atoms with van der Waals surface area (Å²) in [5, 5.41) is 2.02. The van der Waals surface area contributed by atoms with Crippen LogP contribution in [-0.2, 0) is 0 Å². The Kier molecular flexibility index (Phi) is 5.27. The Balaban J connectivity index is 1.57. The minimum atomic E-state index is 0.891. The van der Waals surface area contributed by atoms with Crippen molar-refractivity contribution in [2.24, 2.45) is 0 Å². The first-order chi connectivity index (χ1) is 6.88. The van der Waals surface area contributed by atoms with Crippen molar-refractivity contribution < 1.29 is 0 Å². The predicted molar refractivity (Wildman–Crippen MR) is 76.1 cm³/mol. The van der Waals surface area contributed by atoms with Crippen molar-refractivity contribution >= 4 is 47.0 Å². The molecule has 0 radical (unpaired) electrons. The smallest absolute Gasteiger partial charge is 0.0503 e. The molecule has 2 rings (SSSR count). The van der Waals surface area contributed by atoms with E-state index in [9.17, 15) is 0 Å². The molecule has 82 valence electrons. The highest BCUT2D eigenvalue weighted by molar-refractivity contribution is 8.18. The van der Waals surface area contributed by atoms with E-state index in [1.165, 1.54) is 35.9 Å². The van der Waals surface area contributed by atoms with Gasteiger partial charge in [0.1, 0.15) is 0 Å². The SMILES string of the molecule is CCCC(SCC1CS1)SCC1CS1. The van der Waals surface area contributed by atoms with Gasteiger partial charge in [-0.05, 0) is 6.42 Å². The Hall–Kier alpha value is 1.40. The summed E-state index contributed by atoms with van der Waals surface area (Å²) in [6.07, 6.45) is 2.75. The first-order valence-corrected chi connectivity index (χ1v) is 9.54. The second-order valence-electron chi connectivity index (χ2n) is 3.80. The van der Waals surface area contributed by atoms with E-state index in [0.717, 1.165) is 15.1 Å². The van der Waals surface area contributed by atoms with E-state index in [1.54, 1.807) is 0 Å². The van der Waals surface area contributed by atoms with Crippen LogP contribution >= 0.6 is 47.0 Å². The summed E-state index contributed by atoms with van der Waals surface area (Å²) >= 11 is 8.70. The third-order valence-corrected chi connectivity index (χ3v) is 7.85. The zero-order valence-electron chi connectivity index (χ0n) is 8.61. The van der Waals surface area contributed by atoms with Gasteiger partial charge in [0.05, 0.1) is 4.58 Å². The zero-order chi connectivity index (χ0) is 9.80. The second-order valence-corrected chi connectivity index (χ2v) is 9.23. The molecule has 14 heavy (non-hydrogen) atoms. The lowest BCUT2D eigenvalue weighted by Gasteiger charge is -2.14. The van der Waals surface area contributed by atoms with Gasteiger partial charge in [0.25, 0.3) is 0 Å². The van der Waals surface area contributed by atoms with Gasteiger partial charge in [0, 0.05) is 33.5 Å². The summed E-state index contributed by atoms with van der Waals surface area (Å²) in [6.45, 7) is 2.31. The molecule has 0 saturated carbocycles. The van der Waals surface area contributed by atoms with Gasteiger partial charge in [-0.15, -0.1) is 23.5 Å². The molecule has 2 atom stereocenters. The summed E-state index contributed by atoms with van der Waals surface area (Å²) in [5.41, 5.74) is 0. The fraction of sp³-hybridized carbons (Fsp3) is 1.00. The third-order valence-electron chi connectivity index (χ3n) is 2.27. The van der Waals surface area contributed by atoms with Gasteiger partial charge in [0.15, 0.2) is 0 Å². The van der Waals surface area contributed by atoms with E-state index < -0.39 is 0 Å². The lowest BCUT2D eigenvalue weighted by Crippen LogP contribution is -2.03. The van der Waals surface area contributed by atoms with E-state index in [2.05, 4.69) is 54.0 Å². The van der Waals surface area contributed by atoms with E-state index in [0.29, 0.717) is 0 Å². The van der Waals surface area contributed by atoms with Crippen LogP contribution in [0.5, 0.6) is 0 Å². The minimum Gasteiger partial charge on any atom is -0.156 e. The zero-order valence-corrected chi connectivity index (χ0v) is 11.9. The van der Waals surface area contributed by atoms with Crippen LogP contribution in [-0.4, -0.2) is 38.1 Å². The molecule has 0 aromatic carbocycles. The fourth-order valence-corrected chi connectivity index (χ4v) is 6.01. The number of hydrogen-bond donors (Lipinski definition) is 0. The van der Waals surface area contributed by atoms with Crippen molar-refractivity contribution in [3.05, 3.63) is 0 Å². The molecule has 0 bridgehead atoms. The molecule has 2 aliphatic rings. The van der Waals surface area contributed by atoms with Crippen LogP contribution in [0.15, 0.2) is 0 Å². The molecule has 0 spiro atoms. The van der Waals surface area contributed by atoms with Gasteiger partial charge >= 0.3 is 0 Å². The van der Waals surface area contributed by atoms with Crippen LogP contribution in [0.25, 0.3) is 0 Å². The Morgan fingerprint density at radius 3 is 2.00 bits per heavy atom. The molecule has 2 aliphatic heterocycles. The van der Waals surface area contributed by atoms with Crippen LogP contribution in [0.2, 0.25) is 0 Å². The van der Waals surface area contributed by atoms with E-state index in [1.807, 2.05) is 0 Å². The first-order valence-electron chi connectivity index (χ1n) is 5.35. The van der Waals surface area contributed by atoms with Crippen molar-refractivity contribution in [3.8, 4) is 0 Å². The van der Waals surface area contributed by atoms with Gasteiger partial charge in [-0.25, -0.2) is 0 Å². The lowest BCUT2D eigenvalue weighted by molar-refractivity contribution is 0.869. The maximum Gasteiger partial charge on any atom is 0.0503 e. The summed E-state index contributed by atoms with van der Waals surface area (Å²) in [5.74, 6) is 5.66. The first kappa shape index (κ1) is 11.9. The Bertz CT molecular complexity index is 150. The minimum absolute atomic E-state index is 0.891. The highest BCUT2D eigenvalue weighted by atomic mass is 32.2. The Morgan fingerprint density at radius 2 is 1.64 bits per heavy atom. The van der Waals surface area contributed by atoms with Crippen LogP contribution < -0.4 is 0 Å². The van der Waals surface area contributed by atoms with Gasteiger partial charge < -0.3 is 0 Å². The molecule has 2 heterocycles. The number of rotatable bonds is 8. The third kappa shape index (κ3) is 4.95. The number of hydrogen-bond acceptors (Lipinski definition) is 4. The molecule has 2 fully saturated rings. The molecule has 0 aromatic heterocycles. The monoisotopic (exact) mass is 266 g/mol. The second kappa shape index (κ2) is 6.21. The Labute approximate surface area is 105 Å². The summed E-state index contributed by atoms with van der Waals surface area (Å²) in [7, 11) is 0. The number of thioether (sulfide) groups is 4. The lowest BCUT2D eigenvalue weighted by atomic mass is 10.4. The molecule has 2 unspecified atom stereocenters. The molecule has 0 aromatic rings. The van der Waals surface area contributed by atoms with Crippen molar-refractivity contribution in [2.75, 3.05) is 23.0 Å². The highest BCUT2D eigenvalue weighted by Gasteiger charge is 2.26. The molecule has 4 heteroatoms. The largest absolute Gasteiger partial charge is 0.156 e. The van der Waals surface area contributed by atoms with Gasteiger partial charge in [-0.2, -0.15) is 23.5 Å². The Morgan fingerprint density at radius 1 is 1.14 bits per heavy atom.